The Kier molecular flexibility index (Phi) is 3.36. The first-order chi connectivity index (χ1) is 7.46. The van der Waals surface area contributed by atoms with Crippen LogP contribution in [0.25, 0.3) is 0 Å². The number of rotatable bonds is 4. The van der Waals surface area contributed by atoms with Gasteiger partial charge in [-0.2, -0.15) is 4.31 Å². The van der Waals surface area contributed by atoms with Crippen LogP contribution in [0, 0.1) is 0 Å². The minimum atomic E-state index is -3.46. The normalized spacial score (nSPS) is 17.0. The SMILES string of the molecule is CN(C1CC1)S(=O)(=O)c1cc(CCl)oc1Br. The lowest BCUT2D eigenvalue weighted by Gasteiger charge is -2.14. The number of furan rings is 1. The first-order valence-electron chi connectivity index (χ1n) is 4.79. The van der Waals surface area contributed by atoms with Crippen molar-refractivity contribution < 1.29 is 12.8 Å². The van der Waals surface area contributed by atoms with E-state index in [0.717, 1.165) is 12.8 Å². The minimum absolute atomic E-state index is 0.131. The van der Waals surface area contributed by atoms with Crippen molar-refractivity contribution in [3.8, 4) is 0 Å². The fraction of sp³-hybridized carbons (Fsp3) is 0.556. The van der Waals surface area contributed by atoms with Crippen molar-refractivity contribution in [1.29, 1.82) is 0 Å². The van der Waals surface area contributed by atoms with Crippen LogP contribution in [0.3, 0.4) is 0 Å². The molecule has 0 unspecified atom stereocenters. The van der Waals surface area contributed by atoms with E-state index in [-0.39, 0.29) is 21.5 Å². The van der Waals surface area contributed by atoms with Gasteiger partial charge in [0.15, 0.2) is 4.67 Å². The molecule has 0 spiro atoms. The summed E-state index contributed by atoms with van der Waals surface area (Å²) < 4.78 is 31.1. The van der Waals surface area contributed by atoms with Gasteiger partial charge in [-0.3, -0.25) is 0 Å². The fourth-order valence-electron chi connectivity index (χ4n) is 1.43. The fourth-order valence-corrected chi connectivity index (χ4v) is 3.94. The molecule has 0 radical (unpaired) electrons. The van der Waals surface area contributed by atoms with Gasteiger partial charge in [-0.05, 0) is 28.8 Å². The molecular formula is C9H11BrClNO3S. The Morgan fingerprint density at radius 2 is 2.25 bits per heavy atom. The van der Waals surface area contributed by atoms with Crippen LogP contribution < -0.4 is 0 Å². The summed E-state index contributed by atoms with van der Waals surface area (Å²) in [5.41, 5.74) is 0. The summed E-state index contributed by atoms with van der Waals surface area (Å²) in [4.78, 5) is 0.151. The van der Waals surface area contributed by atoms with Gasteiger partial charge in [-0.15, -0.1) is 11.6 Å². The van der Waals surface area contributed by atoms with E-state index < -0.39 is 10.0 Å². The molecule has 1 aliphatic rings. The average Bonchev–Trinajstić information content (AvgIpc) is 3.00. The van der Waals surface area contributed by atoms with E-state index in [1.807, 2.05) is 0 Å². The van der Waals surface area contributed by atoms with E-state index in [2.05, 4.69) is 15.9 Å². The highest BCUT2D eigenvalue weighted by Gasteiger charge is 2.37. The van der Waals surface area contributed by atoms with Crippen LogP contribution in [-0.4, -0.2) is 25.8 Å². The molecule has 1 heterocycles. The van der Waals surface area contributed by atoms with E-state index in [1.54, 1.807) is 7.05 Å². The zero-order chi connectivity index (χ0) is 11.9. The van der Waals surface area contributed by atoms with Crippen LogP contribution in [0.1, 0.15) is 18.6 Å². The molecule has 0 aromatic carbocycles. The zero-order valence-electron chi connectivity index (χ0n) is 8.61. The summed E-state index contributed by atoms with van der Waals surface area (Å²) in [5, 5.41) is 0. The monoisotopic (exact) mass is 327 g/mol. The number of hydrogen-bond donors (Lipinski definition) is 0. The molecule has 7 heteroatoms. The van der Waals surface area contributed by atoms with Crippen molar-refractivity contribution >= 4 is 37.6 Å². The molecule has 0 bridgehead atoms. The van der Waals surface area contributed by atoms with E-state index in [4.69, 9.17) is 16.0 Å². The van der Waals surface area contributed by atoms with E-state index in [9.17, 15) is 8.42 Å². The molecular weight excluding hydrogens is 318 g/mol. The zero-order valence-corrected chi connectivity index (χ0v) is 11.8. The van der Waals surface area contributed by atoms with Crippen molar-refractivity contribution in [2.45, 2.75) is 29.7 Å². The Labute approximate surface area is 108 Å². The Balaban J connectivity index is 2.37. The molecule has 1 aliphatic carbocycles. The molecule has 1 saturated carbocycles. The molecule has 16 heavy (non-hydrogen) atoms. The molecule has 0 aliphatic heterocycles. The molecule has 0 amide bonds. The molecule has 0 saturated heterocycles. The van der Waals surface area contributed by atoms with Crippen LogP contribution in [0.2, 0.25) is 0 Å². The summed E-state index contributed by atoms with van der Waals surface area (Å²) in [6, 6.07) is 1.59. The molecule has 0 N–H and O–H groups in total. The maximum atomic E-state index is 12.2. The van der Waals surface area contributed by atoms with Gasteiger partial charge in [-0.25, -0.2) is 8.42 Å². The molecule has 4 nitrogen and oxygen atoms in total. The highest BCUT2D eigenvalue weighted by Crippen LogP contribution is 2.34. The van der Waals surface area contributed by atoms with Gasteiger partial charge < -0.3 is 4.42 Å². The molecule has 0 atom stereocenters. The van der Waals surface area contributed by atoms with E-state index >= 15 is 0 Å². The number of hydrogen-bond acceptors (Lipinski definition) is 3. The molecule has 1 aromatic heterocycles. The first kappa shape index (κ1) is 12.4. The number of alkyl halides is 1. The van der Waals surface area contributed by atoms with Gasteiger partial charge in [0.25, 0.3) is 0 Å². The summed E-state index contributed by atoms with van der Waals surface area (Å²) in [6.07, 6.45) is 1.85. The summed E-state index contributed by atoms with van der Waals surface area (Å²) in [5.74, 6) is 0.595. The van der Waals surface area contributed by atoms with Crippen molar-refractivity contribution in [3.05, 3.63) is 16.5 Å². The highest BCUT2D eigenvalue weighted by molar-refractivity contribution is 9.10. The second kappa shape index (κ2) is 4.33. The lowest BCUT2D eigenvalue weighted by atomic mass is 10.5. The Hall–Kier alpha value is -0.0400. The summed E-state index contributed by atoms with van der Waals surface area (Å²) >= 11 is 8.69. The third-order valence-electron chi connectivity index (χ3n) is 2.56. The van der Waals surface area contributed by atoms with Crippen molar-refractivity contribution in [1.82, 2.24) is 4.31 Å². The largest absolute Gasteiger partial charge is 0.452 e. The maximum Gasteiger partial charge on any atom is 0.247 e. The topological polar surface area (TPSA) is 50.5 Å². The van der Waals surface area contributed by atoms with Crippen LogP contribution in [-0.2, 0) is 15.9 Å². The lowest BCUT2D eigenvalue weighted by Crippen LogP contribution is -2.28. The van der Waals surface area contributed by atoms with E-state index in [1.165, 1.54) is 10.4 Å². The van der Waals surface area contributed by atoms with Gasteiger partial charge in [0.1, 0.15) is 10.7 Å². The van der Waals surface area contributed by atoms with Gasteiger partial charge in [0, 0.05) is 19.2 Å². The number of nitrogens with zero attached hydrogens (tertiary/aromatic N) is 1. The second-order valence-electron chi connectivity index (χ2n) is 3.74. The van der Waals surface area contributed by atoms with Gasteiger partial charge >= 0.3 is 0 Å². The first-order valence-corrected chi connectivity index (χ1v) is 7.55. The van der Waals surface area contributed by atoms with Crippen molar-refractivity contribution in [3.63, 3.8) is 0 Å². The second-order valence-corrected chi connectivity index (χ2v) is 6.69. The molecule has 2 rings (SSSR count). The standard InChI is InChI=1S/C9H11BrClNO3S/c1-12(6-2-3-6)16(13,14)8-4-7(5-11)15-9(8)10/h4,6H,2-3,5H2,1H3. The third kappa shape index (κ3) is 2.16. The van der Waals surface area contributed by atoms with Crippen LogP contribution in [0.4, 0.5) is 0 Å². The minimum Gasteiger partial charge on any atom is -0.452 e. The van der Waals surface area contributed by atoms with E-state index in [0.29, 0.717) is 5.76 Å². The van der Waals surface area contributed by atoms with Crippen molar-refractivity contribution in [2.24, 2.45) is 0 Å². The highest BCUT2D eigenvalue weighted by atomic mass is 79.9. The smallest absolute Gasteiger partial charge is 0.247 e. The Bertz CT molecular complexity index is 495. The van der Waals surface area contributed by atoms with Crippen molar-refractivity contribution in [2.75, 3.05) is 7.05 Å². The van der Waals surface area contributed by atoms with Crippen LogP contribution >= 0.6 is 27.5 Å². The number of halogens is 2. The Morgan fingerprint density at radius 3 is 2.69 bits per heavy atom. The molecule has 1 aromatic rings. The average molecular weight is 329 g/mol. The molecule has 1 fully saturated rings. The van der Waals surface area contributed by atoms with Gasteiger partial charge in [0.2, 0.25) is 10.0 Å². The Morgan fingerprint density at radius 1 is 1.62 bits per heavy atom. The summed E-state index contributed by atoms with van der Waals surface area (Å²) in [6.45, 7) is 0. The van der Waals surface area contributed by atoms with Crippen LogP contribution in [0.15, 0.2) is 20.0 Å². The van der Waals surface area contributed by atoms with Gasteiger partial charge in [-0.1, -0.05) is 0 Å². The van der Waals surface area contributed by atoms with Gasteiger partial charge in [0.05, 0.1) is 5.88 Å². The summed E-state index contributed by atoms with van der Waals surface area (Å²) in [7, 11) is -1.87. The lowest BCUT2D eigenvalue weighted by molar-refractivity contribution is 0.458. The van der Waals surface area contributed by atoms with Crippen LogP contribution in [0.5, 0.6) is 0 Å². The third-order valence-corrected chi connectivity index (χ3v) is 5.59. The maximum absolute atomic E-state index is 12.2. The quantitative estimate of drug-likeness (QED) is 0.798. The predicted molar refractivity (Wildman–Crippen MR) is 63.9 cm³/mol. The molecule has 90 valence electrons. The predicted octanol–water partition coefficient (Wildman–Crippen LogP) is 2.56. The number of sulfonamides is 1.